The van der Waals surface area contributed by atoms with Crippen LogP contribution in [0.2, 0.25) is 0 Å². The van der Waals surface area contributed by atoms with Crippen molar-refractivity contribution in [1.29, 1.82) is 0 Å². The topological polar surface area (TPSA) is 50.9 Å². The van der Waals surface area contributed by atoms with E-state index in [1.807, 2.05) is 0 Å². The van der Waals surface area contributed by atoms with Gasteiger partial charge in [-0.15, -0.1) is 0 Å². The minimum absolute atomic E-state index is 0.259. The lowest BCUT2D eigenvalue weighted by Crippen LogP contribution is -2.01. The molecule has 0 saturated heterocycles. The van der Waals surface area contributed by atoms with Gasteiger partial charge >= 0.3 is 0 Å². The van der Waals surface area contributed by atoms with Crippen molar-refractivity contribution in [3.8, 4) is 0 Å². The third-order valence-corrected chi connectivity index (χ3v) is 2.84. The quantitative estimate of drug-likeness (QED) is 0.890. The summed E-state index contributed by atoms with van der Waals surface area (Å²) in [6.45, 7) is 1.70. The molecular weight excluding hydrogens is 285 g/mol. The molecule has 17 heavy (non-hydrogen) atoms. The highest BCUT2D eigenvalue weighted by atomic mass is 79.9. The molecule has 0 fully saturated rings. The summed E-state index contributed by atoms with van der Waals surface area (Å²) in [6, 6.07) is 6.57. The van der Waals surface area contributed by atoms with Crippen LogP contribution in [0.15, 0.2) is 34.9 Å². The van der Waals surface area contributed by atoms with Crippen LogP contribution in [0.3, 0.4) is 0 Å². The van der Waals surface area contributed by atoms with Crippen molar-refractivity contribution in [2.45, 2.75) is 6.92 Å². The smallest absolute Gasteiger partial charge is 0.153 e. The zero-order chi connectivity index (χ0) is 12.4. The molecule has 5 heteroatoms. The maximum atomic E-state index is 13.3. The molecule has 88 valence electrons. The minimum Gasteiger partial charge on any atom is -0.396 e. The SMILES string of the molecule is Cc1c(F)cccc1Nc1ncc(Br)cc1N. The lowest BCUT2D eigenvalue weighted by atomic mass is 10.2. The van der Waals surface area contributed by atoms with Crippen LogP contribution in [0.1, 0.15) is 5.56 Å². The molecule has 0 saturated carbocycles. The van der Waals surface area contributed by atoms with Gasteiger partial charge in [0.2, 0.25) is 0 Å². The Kier molecular flexibility index (Phi) is 3.28. The first-order chi connectivity index (χ1) is 8.08. The van der Waals surface area contributed by atoms with E-state index in [-0.39, 0.29) is 5.82 Å². The minimum atomic E-state index is -0.259. The normalized spacial score (nSPS) is 10.3. The summed E-state index contributed by atoms with van der Waals surface area (Å²) >= 11 is 3.28. The molecule has 1 heterocycles. The largest absolute Gasteiger partial charge is 0.396 e. The number of hydrogen-bond acceptors (Lipinski definition) is 3. The summed E-state index contributed by atoms with van der Waals surface area (Å²) in [5, 5.41) is 3.01. The van der Waals surface area contributed by atoms with Crippen LogP contribution in [0.5, 0.6) is 0 Å². The number of nitrogen functional groups attached to an aromatic ring is 1. The van der Waals surface area contributed by atoms with E-state index in [1.54, 1.807) is 31.3 Å². The van der Waals surface area contributed by atoms with Gasteiger partial charge < -0.3 is 11.1 Å². The molecule has 0 atom stereocenters. The van der Waals surface area contributed by atoms with Gasteiger partial charge in [0.15, 0.2) is 5.82 Å². The highest BCUT2D eigenvalue weighted by Crippen LogP contribution is 2.26. The number of nitrogens with one attached hydrogen (secondary N) is 1. The average Bonchev–Trinajstić information content (AvgIpc) is 2.28. The molecule has 3 N–H and O–H groups in total. The molecule has 0 radical (unpaired) electrons. The Bertz CT molecular complexity index is 557. The van der Waals surface area contributed by atoms with Crippen LogP contribution in [0.4, 0.5) is 21.6 Å². The lowest BCUT2D eigenvalue weighted by molar-refractivity contribution is 0.619. The molecular formula is C12H11BrFN3. The Balaban J connectivity index is 2.35. The van der Waals surface area contributed by atoms with Gasteiger partial charge in [-0.1, -0.05) is 6.07 Å². The van der Waals surface area contributed by atoms with Gasteiger partial charge in [-0.25, -0.2) is 9.37 Å². The van der Waals surface area contributed by atoms with Crippen LogP contribution in [-0.4, -0.2) is 4.98 Å². The van der Waals surface area contributed by atoms with Crippen LogP contribution >= 0.6 is 15.9 Å². The summed E-state index contributed by atoms with van der Waals surface area (Å²) in [6.07, 6.45) is 1.63. The van der Waals surface area contributed by atoms with Gasteiger partial charge in [0.25, 0.3) is 0 Å². The van der Waals surface area contributed by atoms with E-state index in [0.717, 1.165) is 4.47 Å². The summed E-state index contributed by atoms with van der Waals surface area (Å²) in [4.78, 5) is 4.14. The van der Waals surface area contributed by atoms with E-state index < -0.39 is 0 Å². The molecule has 0 aliphatic rings. The fraction of sp³-hybridized carbons (Fsp3) is 0.0833. The number of aromatic nitrogens is 1. The third kappa shape index (κ3) is 2.55. The molecule has 1 aromatic heterocycles. The first-order valence-corrected chi connectivity index (χ1v) is 5.80. The fourth-order valence-electron chi connectivity index (χ4n) is 1.43. The monoisotopic (exact) mass is 295 g/mol. The van der Waals surface area contributed by atoms with Crippen LogP contribution in [0, 0.1) is 12.7 Å². The predicted octanol–water partition coefficient (Wildman–Crippen LogP) is 3.62. The summed E-state index contributed by atoms with van der Waals surface area (Å²) < 4.78 is 14.1. The standard InChI is InChI=1S/C12H11BrFN3/c1-7-9(14)3-2-4-11(7)17-12-10(15)5-8(13)6-16-12/h2-6H,15H2,1H3,(H,16,17). The maximum Gasteiger partial charge on any atom is 0.153 e. The molecule has 0 bridgehead atoms. The maximum absolute atomic E-state index is 13.3. The zero-order valence-electron chi connectivity index (χ0n) is 9.17. The second-order valence-corrected chi connectivity index (χ2v) is 4.54. The van der Waals surface area contributed by atoms with E-state index in [9.17, 15) is 4.39 Å². The lowest BCUT2D eigenvalue weighted by Gasteiger charge is -2.11. The van der Waals surface area contributed by atoms with Gasteiger partial charge in [-0.2, -0.15) is 0 Å². The molecule has 0 amide bonds. The molecule has 2 aromatic rings. The van der Waals surface area contributed by atoms with E-state index in [1.165, 1.54) is 6.07 Å². The number of anilines is 3. The highest BCUT2D eigenvalue weighted by molar-refractivity contribution is 9.10. The van der Waals surface area contributed by atoms with Gasteiger partial charge in [0.1, 0.15) is 5.82 Å². The number of rotatable bonds is 2. The number of nitrogens with two attached hydrogens (primary N) is 1. The Morgan fingerprint density at radius 1 is 1.41 bits per heavy atom. The van der Waals surface area contributed by atoms with Gasteiger partial charge in [-0.3, -0.25) is 0 Å². The Morgan fingerprint density at radius 3 is 2.88 bits per heavy atom. The first kappa shape index (κ1) is 11.9. The molecule has 1 aromatic carbocycles. The number of halogens is 2. The van der Waals surface area contributed by atoms with E-state index in [4.69, 9.17) is 5.73 Å². The van der Waals surface area contributed by atoms with Crippen molar-refractivity contribution in [1.82, 2.24) is 4.98 Å². The second-order valence-electron chi connectivity index (χ2n) is 3.63. The van der Waals surface area contributed by atoms with Gasteiger partial charge in [-0.05, 0) is 41.1 Å². The van der Waals surface area contributed by atoms with Gasteiger partial charge in [0.05, 0.1) is 5.69 Å². The Hall–Kier alpha value is -1.62. The predicted molar refractivity (Wildman–Crippen MR) is 70.8 cm³/mol. The molecule has 2 rings (SSSR count). The van der Waals surface area contributed by atoms with Crippen LogP contribution in [0.25, 0.3) is 0 Å². The van der Waals surface area contributed by atoms with Crippen molar-refractivity contribution in [2.75, 3.05) is 11.1 Å². The fourth-order valence-corrected chi connectivity index (χ4v) is 1.78. The molecule has 0 aliphatic carbocycles. The van der Waals surface area contributed by atoms with Crippen molar-refractivity contribution in [3.05, 3.63) is 46.3 Å². The van der Waals surface area contributed by atoms with E-state index >= 15 is 0 Å². The highest BCUT2D eigenvalue weighted by Gasteiger charge is 2.06. The molecule has 3 nitrogen and oxygen atoms in total. The molecule has 0 aliphatic heterocycles. The Morgan fingerprint density at radius 2 is 2.18 bits per heavy atom. The van der Waals surface area contributed by atoms with Crippen molar-refractivity contribution < 1.29 is 4.39 Å². The zero-order valence-corrected chi connectivity index (χ0v) is 10.8. The van der Waals surface area contributed by atoms with Crippen LogP contribution < -0.4 is 11.1 Å². The van der Waals surface area contributed by atoms with Crippen molar-refractivity contribution >= 4 is 33.1 Å². The number of benzene rings is 1. The van der Waals surface area contributed by atoms with Crippen LogP contribution in [-0.2, 0) is 0 Å². The van der Waals surface area contributed by atoms with Crippen molar-refractivity contribution in [3.63, 3.8) is 0 Å². The number of nitrogens with zero attached hydrogens (tertiary/aromatic N) is 1. The average molecular weight is 296 g/mol. The summed E-state index contributed by atoms with van der Waals surface area (Å²) in [5.74, 6) is 0.257. The van der Waals surface area contributed by atoms with Gasteiger partial charge in [0, 0.05) is 21.9 Å². The van der Waals surface area contributed by atoms with Crippen molar-refractivity contribution in [2.24, 2.45) is 0 Å². The molecule has 0 unspecified atom stereocenters. The van der Waals surface area contributed by atoms with E-state index in [2.05, 4.69) is 26.2 Å². The summed E-state index contributed by atoms with van der Waals surface area (Å²) in [7, 11) is 0. The molecule has 0 spiro atoms. The van der Waals surface area contributed by atoms with E-state index in [0.29, 0.717) is 22.8 Å². The number of hydrogen-bond donors (Lipinski definition) is 2. The first-order valence-electron chi connectivity index (χ1n) is 5.01. The number of pyridine rings is 1. The second kappa shape index (κ2) is 4.71. The summed E-state index contributed by atoms with van der Waals surface area (Å²) in [5.41, 5.74) is 7.51. The third-order valence-electron chi connectivity index (χ3n) is 2.40. The Labute approximate surface area is 107 Å².